The zero-order chi connectivity index (χ0) is 14.6. The van der Waals surface area contributed by atoms with Gasteiger partial charge < -0.3 is 10.5 Å². The minimum absolute atomic E-state index is 0.133. The smallest absolute Gasteiger partial charge is 0.401 e. The third kappa shape index (κ3) is 4.78. The zero-order valence-electron chi connectivity index (χ0n) is 10.7. The first-order valence-electron chi connectivity index (χ1n) is 5.49. The lowest BCUT2D eigenvalue weighted by Crippen LogP contribution is -2.30. The van der Waals surface area contributed by atoms with Crippen molar-refractivity contribution >= 4 is 5.84 Å². The van der Waals surface area contributed by atoms with Crippen LogP contribution in [0.15, 0.2) is 18.2 Å². The van der Waals surface area contributed by atoms with E-state index in [4.69, 9.17) is 15.9 Å². The van der Waals surface area contributed by atoms with Crippen molar-refractivity contribution in [1.29, 1.82) is 5.41 Å². The molecular weight excluding hydrogens is 259 g/mol. The summed E-state index contributed by atoms with van der Waals surface area (Å²) in [5, 5.41) is 7.35. The van der Waals surface area contributed by atoms with E-state index in [1.165, 1.54) is 14.2 Å². The van der Waals surface area contributed by atoms with Crippen LogP contribution in [-0.4, -0.2) is 37.6 Å². The maximum absolute atomic E-state index is 12.2. The number of hydrogen-bond donors (Lipinski definition) is 2. The number of nitrogens with two attached hydrogens (primary N) is 1. The van der Waals surface area contributed by atoms with Gasteiger partial charge in [0, 0.05) is 6.54 Å². The molecule has 0 bridgehead atoms. The van der Waals surface area contributed by atoms with E-state index in [0.717, 1.165) is 4.90 Å². The van der Waals surface area contributed by atoms with Crippen molar-refractivity contribution in [1.82, 2.24) is 4.90 Å². The molecule has 0 aliphatic rings. The Kier molecular flexibility index (Phi) is 4.77. The topological polar surface area (TPSA) is 62.3 Å². The minimum atomic E-state index is -4.22. The van der Waals surface area contributed by atoms with Gasteiger partial charge in [0.25, 0.3) is 0 Å². The van der Waals surface area contributed by atoms with E-state index >= 15 is 0 Å². The van der Waals surface area contributed by atoms with Gasteiger partial charge in [-0.2, -0.15) is 13.2 Å². The number of ether oxygens (including phenoxy) is 1. The number of methoxy groups -OCH3 is 1. The molecule has 1 aromatic rings. The fourth-order valence-electron chi connectivity index (χ4n) is 1.73. The molecule has 0 radical (unpaired) electrons. The number of nitrogens with one attached hydrogen (secondary N) is 1. The van der Waals surface area contributed by atoms with Crippen LogP contribution < -0.4 is 10.5 Å². The lowest BCUT2D eigenvalue weighted by Gasteiger charge is -2.19. The van der Waals surface area contributed by atoms with Crippen molar-refractivity contribution in [3.05, 3.63) is 29.3 Å². The first kappa shape index (κ1) is 15.3. The average Bonchev–Trinajstić information content (AvgIpc) is 2.25. The summed E-state index contributed by atoms with van der Waals surface area (Å²) in [5.41, 5.74) is 6.45. The highest BCUT2D eigenvalue weighted by Crippen LogP contribution is 2.22. The zero-order valence-corrected chi connectivity index (χ0v) is 10.7. The monoisotopic (exact) mass is 275 g/mol. The van der Waals surface area contributed by atoms with Gasteiger partial charge in [-0.25, -0.2) is 0 Å². The summed E-state index contributed by atoms with van der Waals surface area (Å²) in [6.07, 6.45) is -4.22. The van der Waals surface area contributed by atoms with Crippen molar-refractivity contribution in [3.63, 3.8) is 0 Å². The number of hydrogen-bond acceptors (Lipinski definition) is 3. The average molecular weight is 275 g/mol. The van der Waals surface area contributed by atoms with Crippen molar-refractivity contribution in [2.75, 3.05) is 20.7 Å². The molecule has 0 amide bonds. The lowest BCUT2D eigenvalue weighted by molar-refractivity contribution is -0.144. The van der Waals surface area contributed by atoms with Gasteiger partial charge in [0.05, 0.1) is 19.2 Å². The third-order valence-corrected chi connectivity index (χ3v) is 2.46. The molecule has 4 nitrogen and oxygen atoms in total. The quantitative estimate of drug-likeness (QED) is 0.638. The van der Waals surface area contributed by atoms with Crippen LogP contribution in [-0.2, 0) is 6.54 Å². The highest BCUT2D eigenvalue weighted by Gasteiger charge is 2.29. The molecule has 0 spiro atoms. The van der Waals surface area contributed by atoms with Gasteiger partial charge >= 0.3 is 6.18 Å². The normalized spacial score (nSPS) is 11.7. The molecule has 0 heterocycles. The molecule has 0 saturated carbocycles. The Hall–Kier alpha value is -1.76. The standard InChI is InChI=1S/C12H16F3N3O/c1-18(7-12(13,14)15)6-8-3-4-9(11(16)17)10(5-8)19-2/h3-5H,6-7H2,1-2H3,(H3,16,17). The fourth-order valence-corrected chi connectivity index (χ4v) is 1.73. The van der Waals surface area contributed by atoms with E-state index in [1.807, 2.05) is 0 Å². The molecule has 0 aliphatic carbocycles. The Bertz CT molecular complexity index is 460. The van der Waals surface area contributed by atoms with Crippen molar-refractivity contribution < 1.29 is 17.9 Å². The number of benzene rings is 1. The molecule has 3 N–H and O–H groups in total. The molecule has 0 aromatic heterocycles. The van der Waals surface area contributed by atoms with Gasteiger partial charge in [-0.05, 0) is 24.7 Å². The summed E-state index contributed by atoms with van der Waals surface area (Å²) in [7, 11) is 2.81. The number of nitrogen functional groups attached to an aromatic ring is 1. The first-order chi connectivity index (χ1) is 8.73. The van der Waals surface area contributed by atoms with Crippen LogP contribution in [0.3, 0.4) is 0 Å². The Morgan fingerprint density at radius 2 is 2.05 bits per heavy atom. The van der Waals surface area contributed by atoms with Gasteiger partial charge in [-0.15, -0.1) is 0 Å². The van der Waals surface area contributed by atoms with Crippen LogP contribution in [0.4, 0.5) is 13.2 Å². The molecule has 0 atom stereocenters. The Balaban J connectivity index is 2.83. The van der Waals surface area contributed by atoms with Crippen LogP contribution in [0.2, 0.25) is 0 Å². The third-order valence-electron chi connectivity index (χ3n) is 2.46. The fraction of sp³-hybridized carbons (Fsp3) is 0.417. The summed E-state index contributed by atoms with van der Waals surface area (Å²) < 4.78 is 41.7. The molecule has 0 aliphatic heterocycles. The Labute approximate surface area is 109 Å². The summed E-state index contributed by atoms with van der Waals surface area (Å²) in [5.74, 6) is 0.234. The van der Waals surface area contributed by atoms with E-state index in [1.54, 1.807) is 18.2 Å². The second kappa shape index (κ2) is 5.92. The second-order valence-electron chi connectivity index (χ2n) is 4.24. The van der Waals surface area contributed by atoms with Crippen LogP contribution in [0.5, 0.6) is 5.75 Å². The van der Waals surface area contributed by atoms with Crippen LogP contribution in [0, 0.1) is 5.41 Å². The first-order valence-corrected chi connectivity index (χ1v) is 5.49. The minimum Gasteiger partial charge on any atom is -0.496 e. The summed E-state index contributed by atoms with van der Waals surface area (Å²) in [4.78, 5) is 1.15. The molecule has 0 unspecified atom stereocenters. The van der Waals surface area contributed by atoms with Gasteiger partial charge in [0.15, 0.2) is 0 Å². The van der Waals surface area contributed by atoms with Crippen molar-refractivity contribution in [2.45, 2.75) is 12.7 Å². The molecule has 1 rings (SSSR count). The number of rotatable bonds is 5. The molecule has 7 heteroatoms. The molecule has 0 fully saturated rings. The maximum atomic E-state index is 12.2. The lowest BCUT2D eigenvalue weighted by atomic mass is 10.1. The highest BCUT2D eigenvalue weighted by atomic mass is 19.4. The van der Waals surface area contributed by atoms with E-state index in [2.05, 4.69) is 0 Å². The van der Waals surface area contributed by atoms with Gasteiger partial charge in [0.2, 0.25) is 0 Å². The van der Waals surface area contributed by atoms with Gasteiger partial charge in [-0.3, -0.25) is 10.3 Å². The maximum Gasteiger partial charge on any atom is 0.401 e. The van der Waals surface area contributed by atoms with Gasteiger partial charge in [0.1, 0.15) is 11.6 Å². The van der Waals surface area contributed by atoms with E-state index in [0.29, 0.717) is 16.9 Å². The summed E-state index contributed by atoms with van der Waals surface area (Å²) in [6, 6.07) is 4.79. The van der Waals surface area contributed by atoms with E-state index in [9.17, 15) is 13.2 Å². The second-order valence-corrected chi connectivity index (χ2v) is 4.24. The summed E-state index contributed by atoms with van der Waals surface area (Å²) >= 11 is 0. The Morgan fingerprint density at radius 1 is 1.42 bits per heavy atom. The van der Waals surface area contributed by atoms with Crippen molar-refractivity contribution in [2.24, 2.45) is 5.73 Å². The number of halogens is 3. The highest BCUT2D eigenvalue weighted by molar-refractivity contribution is 5.97. The predicted molar refractivity (Wildman–Crippen MR) is 66.4 cm³/mol. The van der Waals surface area contributed by atoms with Crippen LogP contribution >= 0.6 is 0 Å². The summed E-state index contributed by atoms with van der Waals surface area (Å²) in [6.45, 7) is -0.849. The molecular formula is C12H16F3N3O. The van der Waals surface area contributed by atoms with Crippen LogP contribution in [0.25, 0.3) is 0 Å². The predicted octanol–water partition coefficient (Wildman–Crippen LogP) is 1.97. The van der Waals surface area contributed by atoms with E-state index in [-0.39, 0.29) is 12.4 Å². The van der Waals surface area contributed by atoms with Gasteiger partial charge in [-0.1, -0.05) is 6.07 Å². The number of nitrogens with zero attached hydrogens (tertiary/aromatic N) is 1. The van der Waals surface area contributed by atoms with Crippen molar-refractivity contribution in [3.8, 4) is 5.75 Å². The molecule has 1 aromatic carbocycles. The molecule has 106 valence electrons. The largest absolute Gasteiger partial charge is 0.496 e. The number of alkyl halides is 3. The van der Waals surface area contributed by atoms with E-state index < -0.39 is 12.7 Å². The SMILES string of the molecule is COc1cc(CN(C)CC(F)(F)F)ccc1C(=N)N. The number of amidine groups is 1. The molecule has 0 saturated heterocycles. The van der Waals surface area contributed by atoms with Crippen LogP contribution in [0.1, 0.15) is 11.1 Å². The Morgan fingerprint density at radius 3 is 2.53 bits per heavy atom. The molecule has 19 heavy (non-hydrogen) atoms.